The first kappa shape index (κ1) is 32.6. The van der Waals surface area contributed by atoms with Gasteiger partial charge in [0.15, 0.2) is 5.72 Å². The van der Waals surface area contributed by atoms with Crippen molar-refractivity contribution in [2.45, 2.75) is 64.0 Å². The molecule has 45 heavy (non-hydrogen) atoms. The lowest BCUT2D eigenvalue weighted by molar-refractivity contribution is -0.155. The molecule has 2 heterocycles. The molecule has 1 aromatic heterocycles. The molecular formula is C37H44N2O5Si. The van der Waals surface area contributed by atoms with Crippen LogP contribution in [0.2, 0.25) is 5.04 Å². The first-order valence-electron chi connectivity index (χ1n) is 15.6. The second-order valence-electron chi connectivity index (χ2n) is 13.0. The van der Waals surface area contributed by atoms with Gasteiger partial charge in [-0.2, -0.15) is 0 Å². The number of benzene rings is 3. The van der Waals surface area contributed by atoms with Gasteiger partial charge in [0.25, 0.3) is 13.9 Å². The highest BCUT2D eigenvalue weighted by Crippen LogP contribution is 2.43. The SMILES string of the molecule is C=CC[C@H]1C[C@](COCc2ccccc2)(n2cc(C)c(=O)[nH]c2=O)O[C@@H]1CO[Si](c1ccccc1)(c1ccccc1)C(C)(C)C. The van der Waals surface area contributed by atoms with E-state index in [0.717, 1.165) is 5.56 Å². The lowest BCUT2D eigenvalue weighted by Gasteiger charge is -2.43. The maximum atomic E-state index is 13.3. The smallest absolute Gasteiger partial charge is 0.330 e. The molecule has 0 aliphatic carbocycles. The number of nitrogens with zero attached hydrogens (tertiary/aromatic N) is 1. The maximum absolute atomic E-state index is 13.3. The van der Waals surface area contributed by atoms with Crippen LogP contribution in [-0.4, -0.2) is 37.2 Å². The van der Waals surface area contributed by atoms with E-state index < -0.39 is 25.3 Å². The van der Waals surface area contributed by atoms with E-state index in [-0.39, 0.29) is 23.7 Å². The van der Waals surface area contributed by atoms with Crippen molar-refractivity contribution in [2.24, 2.45) is 5.92 Å². The molecule has 0 unspecified atom stereocenters. The van der Waals surface area contributed by atoms with Crippen molar-refractivity contribution in [3.05, 3.63) is 142 Å². The molecule has 1 aliphatic heterocycles. The number of nitrogens with one attached hydrogen (secondary N) is 1. The van der Waals surface area contributed by atoms with Gasteiger partial charge in [-0.25, -0.2) is 4.79 Å². The van der Waals surface area contributed by atoms with E-state index >= 15 is 0 Å². The minimum Gasteiger partial charge on any atom is -0.405 e. The number of H-pyrrole nitrogens is 1. The van der Waals surface area contributed by atoms with Crippen molar-refractivity contribution in [2.75, 3.05) is 13.2 Å². The van der Waals surface area contributed by atoms with E-state index in [0.29, 0.717) is 31.6 Å². The molecule has 3 atom stereocenters. The molecule has 8 heteroatoms. The van der Waals surface area contributed by atoms with Gasteiger partial charge >= 0.3 is 5.69 Å². The highest BCUT2D eigenvalue weighted by molar-refractivity contribution is 6.99. The zero-order valence-corrected chi connectivity index (χ0v) is 27.7. The van der Waals surface area contributed by atoms with Gasteiger partial charge in [0.05, 0.1) is 25.9 Å². The molecule has 7 nitrogen and oxygen atoms in total. The zero-order chi connectivity index (χ0) is 32.1. The summed E-state index contributed by atoms with van der Waals surface area (Å²) in [5, 5.41) is 2.17. The van der Waals surface area contributed by atoms with Crippen LogP contribution in [0.3, 0.4) is 0 Å². The Balaban J connectivity index is 1.53. The summed E-state index contributed by atoms with van der Waals surface area (Å²) in [6.07, 6.45) is 4.29. The summed E-state index contributed by atoms with van der Waals surface area (Å²) < 4.78 is 22.0. The topological polar surface area (TPSA) is 82.6 Å². The third-order valence-electron chi connectivity index (χ3n) is 8.83. The van der Waals surface area contributed by atoms with Gasteiger partial charge in [-0.05, 0) is 40.2 Å². The van der Waals surface area contributed by atoms with Gasteiger partial charge in [-0.15, -0.1) is 6.58 Å². The Labute approximate surface area is 266 Å². The Hall–Kier alpha value is -3.82. The molecule has 0 saturated carbocycles. The molecule has 0 amide bonds. The highest BCUT2D eigenvalue weighted by atomic mass is 28.4. The normalized spacial score (nSPS) is 20.3. The van der Waals surface area contributed by atoms with E-state index in [1.807, 2.05) is 48.5 Å². The maximum Gasteiger partial charge on any atom is 0.330 e. The van der Waals surface area contributed by atoms with E-state index in [2.05, 4.69) is 80.9 Å². The third kappa shape index (κ3) is 6.74. The zero-order valence-electron chi connectivity index (χ0n) is 26.7. The standard InChI is InChI=1S/C37H44N2O5Si/c1-6-16-30-23-37(27-42-25-29-17-10-7-11-18-29,39-24-28(2)34(40)38-35(39)41)44-33(30)26-43-45(36(3,4)5,31-19-12-8-13-20-31)32-21-14-9-15-22-32/h6-15,17-22,24,30,33H,1,16,23,25-27H2,2-5H3,(H,38,40,41)/t30-,33+,37-/m0/s1. The largest absolute Gasteiger partial charge is 0.405 e. The quantitative estimate of drug-likeness (QED) is 0.172. The molecule has 1 fully saturated rings. The first-order valence-corrected chi connectivity index (χ1v) is 17.5. The van der Waals surface area contributed by atoms with Gasteiger partial charge in [0, 0.05) is 18.2 Å². The van der Waals surface area contributed by atoms with Gasteiger partial charge in [0.2, 0.25) is 0 Å². The second-order valence-corrected chi connectivity index (χ2v) is 17.3. The van der Waals surface area contributed by atoms with Gasteiger partial charge in [0.1, 0.15) is 0 Å². The summed E-state index contributed by atoms with van der Waals surface area (Å²) in [5.74, 6) is 0.000162. The van der Waals surface area contributed by atoms with Crippen molar-refractivity contribution in [3.8, 4) is 0 Å². The Morgan fingerprint density at radius 1 is 0.978 bits per heavy atom. The number of ether oxygens (including phenoxy) is 2. The molecule has 1 N–H and O–H groups in total. The van der Waals surface area contributed by atoms with Crippen molar-refractivity contribution in [1.82, 2.24) is 9.55 Å². The monoisotopic (exact) mass is 624 g/mol. The van der Waals surface area contributed by atoms with E-state index in [4.69, 9.17) is 13.9 Å². The van der Waals surface area contributed by atoms with Crippen LogP contribution >= 0.6 is 0 Å². The Morgan fingerprint density at radius 3 is 2.11 bits per heavy atom. The molecule has 236 valence electrons. The lowest BCUT2D eigenvalue weighted by atomic mass is 9.93. The van der Waals surface area contributed by atoms with Gasteiger partial charge in [-0.1, -0.05) is 118 Å². The fraction of sp³-hybridized carbons (Fsp3) is 0.351. The summed E-state index contributed by atoms with van der Waals surface area (Å²) in [5.41, 5.74) is -0.644. The van der Waals surface area contributed by atoms with Crippen LogP contribution in [0, 0.1) is 12.8 Å². The highest BCUT2D eigenvalue weighted by Gasteiger charge is 2.53. The number of allylic oxidation sites excluding steroid dienone is 1. The predicted octanol–water partition coefficient (Wildman–Crippen LogP) is 5.27. The minimum absolute atomic E-state index is 0.000162. The van der Waals surface area contributed by atoms with Crippen LogP contribution in [-0.2, 0) is 26.2 Å². The van der Waals surface area contributed by atoms with Crippen LogP contribution in [0.5, 0.6) is 0 Å². The molecule has 5 rings (SSSR count). The van der Waals surface area contributed by atoms with Crippen molar-refractivity contribution in [3.63, 3.8) is 0 Å². The van der Waals surface area contributed by atoms with Gasteiger partial charge < -0.3 is 13.9 Å². The number of rotatable bonds is 12. The van der Waals surface area contributed by atoms with E-state index in [1.165, 1.54) is 14.9 Å². The third-order valence-corrected chi connectivity index (χ3v) is 13.8. The molecule has 1 saturated heterocycles. The number of hydrogen-bond donors (Lipinski definition) is 1. The van der Waals surface area contributed by atoms with Crippen molar-refractivity contribution >= 4 is 18.7 Å². The number of aromatic amines is 1. The van der Waals surface area contributed by atoms with Crippen LogP contribution in [0.15, 0.2) is 119 Å². The fourth-order valence-electron chi connectivity index (χ4n) is 6.65. The van der Waals surface area contributed by atoms with Crippen LogP contribution in [0.1, 0.15) is 44.7 Å². The molecule has 0 spiro atoms. The summed E-state index contributed by atoms with van der Waals surface area (Å²) in [7, 11) is -2.84. The molecule has 4 aromatic rings. The van der Waals surface area contributed by atoms with E-state index in [9.17, 15) is 9.59 Å². The molecular weight excluding hydrogens is 581 g/mol. The average molecular weight is 625 g/mol. The first-order chi connectivity index (χ1) is 21.6. The van der Waals surface area contributed by atoms with Crippen molar-refractivity contribution in [1.29, 1.82) is 0 Å². The van der Waals surface area contributed by atoms with Crippen LogP contribution in [0.4, 0.5) is 0 Å². The lowest BCUT2D eigenvalue weighted by Crippen LogP contribution is -2.67. The number of hydrogen-bond acceptors (Lipinski definition) is 5. The number of aromatic nitrogens is 2. The fourth-order valence-corrected chi connectivity index (χ4v) is 11.2. The Bertz CT molecular complexity index is 1640. The van der Waals surface area contributed by atoms with Crippen molar-refractivity contribution < 1.29 is 13.9 Å². The van der Waals surface area contributed by atoms with Crippen LogP contribution in [0.25, 0.3) is 0 Å². The second kappa shape index (κ2) is 13.7. The van der Waals surface area contributed by atoms with Gasteiger partial charge in [-0.3, -0.25) is 14.3 Å². The summed E-state index contributed by atoms with van der Waals surface area (Å²) >= 11 is 0. The predicted molar refractivity (Wildman–Crippen MR) is 181 cm³/mol. The summed E-state index contributed by atoms with van der Waals surface area (Å²) in [6.45, 7) is 13.3. The Kier molecular flexibility index (Phi) is 9.89. The average Bonchev–Trinajstić information content (AvgIpc) is 3.38. The molecule has 3 aromatic carbocycles. The number of aryl methyl sites for hydroxylation is 1. The molecule has 0 bridgehead atoms. The molecule has 0 radical (unpaired) electrons. The summed E-state index contributed by atoms with van der Waals surface area (Å²) in [4.78, 5) is 28.2. The van der Waals surface area contributed by atoms with E-state index in [1.54, 1.807) is 13.1 Å². The Morgan fingerprint density at radius 2 is 1.56 bits per heavy atom. The minimum atomic E-state index is -2.84. The molecule has 1 aliphatic rings. The van der Waals surface area contributed by atoms with Crippen LogP contribution < -0.4 is 21.6 Å². The summed E-state index contributed by atoms with van der Waals surface area (Å²) in [6, 6.07) is 30.9.